The van der Waals surface area contributed by atoms with E-state index in [0.717, 1.165) is 86.9 Å². The maximum Gasteiger partial charge on any atom is 0.0639 e. The first kappa shape index (κ1) is 28.3. The summed E-state index contributed by atoms with van der Waals surface area (Å²) in [6, 6.07) is 34.0. The number of para-hydroxylation sites is 2. The summed E-state index contributed by atoms with van der Waals surface area (Å²) < 4.78 is 2.44. The zero-order chi connectivity index (χ0) is 29.2. The van der Waals surface area contributed by atoms with Crippen LogP contribution in [0.1, 0.15) is 11.3 Å². The molecule has 0 amide bonds. The molecular weight excluding hydrogens is 573 g/mol. The molecule has 0 atom stereocenters. The molecule has 2 fully saturated rings. The third-order valence-corrected chi connectivity index (χ3v) is 9.64. The molecule has 2 aromatic heterocycles. The minimum absolute atomic E-state index is 0.831. The highest BCUT2D eigenvalue weighted by Gasteiger charge is 2.26. The first-order valence-electron chi connectivity index (χ1n) is 15.3. The number of piperazine rings is 2. The fourth-order valence-corrected chi connectivity index (χ4v) is 7.26. The Labute approximate surface area is 264 Å². The Hall–Kier alpha value is -3.48. The number of rotatable bonds is 7. The molecule has 7 heteroatoms. The fourth-order valence-electron chi connectivity index (χ4n) is 6.75. The Morgan fingerprint density at radius 3 is 1.60 bits per heavy atom. The van der Waals surface area contributed by atoms with Crippen LogP contribution in [0.3, 0.4) is 0 Å². The minimum Gasteiger partial charge on any atom is -0.368 e. The molecule has 7 rings (SSSR count). The third-order valence-electron chi connectivity index (χ3n) is 9.00. The van der Waals surface area contributed by atoms with Crippen LogP contribution < -0.4 is 9.80 Å². The number of hydrogen-bond acceptors (Lipinski definition) is 4. The SMILES string of the molecule is Clc1ccccc1N1CCN(Cc2c(-c3ccccc3)c(CN3CCN(c4ccccc4Cl)CC3)n3ccccc23)CC1. The van der Waals surface area contributed by atoms with Crippen molar-refractivity contribution in [2.75, 3.05) is 62.2 Å². The van der Waals surface area contributed by atoms with Crippen LogP contribution in [0.25, 0.3) is 16.6 Å². The van der Waals surface area contributed by atoms with Crippen LogP contribution >= 0.6 is 23.2 Å². The van der Waals surface area contributed by atoms with Gasteiger partial charge in [0.25, 0.3) is 0 Å². The number of aromatic nitrogens is 1. The maximum absolute atomic E-state index is 6.54. The van der Waals surface area contributed by atoms with Crippen LogP contribution in [-0.2, 0) is 13.1 Å². The van der Waals surface area contributed by atoms with Gasteiger partial charge in [-0.15, -0.1) is 0 Å². The number of halogens is 2. The molecule has 0 bridgehead atoms. The predicted molar refractivity (Wildman–Crippen MR) is 181 cm³/mol. The second kappa shape index (κ2) is 12.6. The summed E-state index contributed by atoms with van der Waals surface area (Å²) in [4.78, 5) is 10.0. The molecule has 43 heavy (non-hydrogen) atoms. The molecule has 5 aromatic rings. The van der Waals surface area contributed by atoms with Gasteiger partial charge in [-0.25, -0.2) is 0 Å². The topological polar surface area (TPSA) is 17.4 Å². The van der Waals surface area contributed by atoms with Gasteiger partial charge in [-0.05, 0) is 47.5 Å². The lowest BCUT2D eigenvalue weighted by molar-refractivity contribution is 0.246. The van der Waals surface area contributed by atoms with E-state index in [1.54, 1.807) is 0 Å². The van der Waals surface area contributed by atoms with Gasteiger partial charge in [-0.1, -0.05) is 83.9 Å². The summed E-state index contributed by atoms with van der Waals surface area (Å²) in [5.41, 5.74) is 9.05. The number of nitrogens with zero attached hydrogens (tertiary/aromatic N) is 5. The summed E-state index contributed by atoms with van der Waals surface area (Å²) in [6.45, 7) is 9.72. The van der Waals surface area contributed by atoms with Gasteiger partial charge in [-0.2, -0.15) is 0 Å². The molecule has 3 aromatic carbocycles. The normalized spacial score (nSPS) is 16.7. The molecule has 0 saturated carbocycles. The van der Waals surface area contributed by atoms with E-state index >= 15 is 0 Å². The zero-order valence-electron chi connectivity index (χ0n) is 24.4. The summed E-state index contributed by atoms with van der Waals surface area (Å²) in [6.07, 6.45) is 2.25. The fraction of sp³-hybridized carbons (Fsp3) is 0.278. The Morgan fingerprint density at radius 1 is 0.512 bits per heavy atom. The van der Waals surface area contributed by atoms with Gasteiger partial charge in [0.2, 0.25) is 0 Å². The van der Waals surface area contributed by atoms with Crippen LogP contribution in [0.4, 0.5) is 11.4 Å². The quantitative estimate of drug-likeness (QED) is 0.189. The van der Waals surface area contributed by atoms with Crippen LogP contribution in [0.2, 0.25) is 10.0 Å². The second-order valence-corrected chi connectivity index (χ2v) is 12.4. The van der Waals surface area contributed by atoms with E-state index in [4.69, 9.17) is 23.2 Å². The molecule has 2 aliphatic heterocycles. The van der Waals surface area contributed by atoms with E-state index in [1.807, 2.05) is 24.3 Å². The van der Waals surface area contributed by atoms with Crippen molar-refractivity contribution in [2.45, 2.75) is 13.1 Å². The van der Waals surface area contributed by atoms with Gasteiger partial charge in [0.15, 0.2) is 0 Å². The van der Waals surface area contributed by atoms with Crippen LogP contribution in [-0.4, -0.2) is 66.6 Å². The Kier molecular flexibility index (Phi) is 8.31. The zero-order valence-corrected chi connectivity index (χ0v) is 25.9. The van der Waals surface area contributed by atoms with Crippen molar-refractivity contribution in [2.24, 2.45) is 0 Å². The Balaban J connectivity index is 1.16. The Morgan fingerprint density at radius 2 is 1.02 bits per heavy atom. The van der Waals surface area contributed by atoms with E-state index in [0.29, 0.717) is 0 Å². The molecular formula is C36H37Cl2N5. The number of fused-ring (bicyclic) bond motifs is 1. The first-order chi connectivity index (χ1) is 21.2. The first-order valence-corrected chi connectivity index (χ1v) is 16.0. The lowest BCUT2D eigenvalue weighted by Crippen LogP contribution is -2.46. The molecule has 0 radical (unpaired) electrons. The average Bonchev–Trinajstić information content (AvgIpc) is 3.35. The van der Waals surface area contributed by atoms with E-state index in [9.17, 15) is 0 Å². The third kappa shape index (κ3) is 5.87. The molecule has 0 N–H and O–H groups in total. The van der Waals surface area contributed by atoms with Crippen molar-refractivity contribution in [1.29, 1.82) is 0 Å². The standard InChI is InChI=1S/C36H37Cl2N5/c37-30-12-4-6-15-33(30)41-22-18-39(19-23-41)26-29-32-14-8-9-17-43(32)35(36(29)28-10-2-1-3-11-28)27-40-20-24-42(25-21-40)34-16-7-5-13-31(34)38/h1-17H,18-27H2. The van der Waals surface area contributed by atoms with E-state index in [1.165, 1.54) is 27.9 Å². The highest BCUT2D eigenvalue weighted by molar-refractivity contribution is 6.33. The minimum atomic E-state index is 0.831. The molecule has 2 aliphatic rings. The van der Waals surface area contributed by atoms with Crippen molar-refractivity contribution in [1.82, 2.24) is 14.2 Å². The maximum atomic E-state index is 6.54. The van der Waals surface area contributed by atoms with E-state index < -0.39 is 0 Å². The van der Waals surface area contributed by atoms with Crippen molar-refractivity contribution < 1.29 is 0 Å². The van der Waals surface area contributed by atoms with Crippen molar-refractivity contribution >= 4 is 40.1 Å². The van der Waals surface area contributed by atoms with Gasteiger partial charge < -0.3 is 14.2 Å². The Bertz CT molecular complexity index is 1580. The second-order valence-electron chi connectivity index (χ2n) is 11.6. The number of anilines is 2. The van der Waals surface area contributed by atoms with Crippen molar-refractivity contribution in [3.05, 3.63) is 125 Å². The van der Waals surface area contributed by atoms with E-state index in [2.05, 4.69) is 103 Å². The smallest absolute Gasteiger partial charge is 0.0639 e. The van der Waals surface area contributed by atoms with Gasteiger partial charge in [0, 0.05) is 82.9 Å². The molecule has 0 spiro atoms. The molecule has 2 saturated heterocycles. The number of pyridine rings is 1. The molecule has 4 heterocycles. The van der Waals surface area contributed by atoms with Crippen LogP contribution in [0.5, 0.6) is 0 Å². The monoisotopic (exact) mass is 609 g/mol. The van der Waals surface area contributed by atoms with E-state index in [-0.39, 0.29) is 0 Å². The largest absolute Gasteiger partial charge is 0.368 e. The summed E-state index contributed by atoms with van der Waals surface area (Å²) >= 11 is 13.1. The number of benzene rings is 3. The summed E-state index contributed by atoms with van der Waals surface area (Å²) in [5.74, 6) is 0. The van der Waals surface area contributed by atoms with Crippen LogP contribution in [0, 0.1) is 0 Å². The highest BCUT2D eigenvalue weighted by atomic mass is 35.5. The molecule has 220 valence electrons. The van der Waals surface area contributed by atoms with Gasteiger partial charge in [-0.3, -0.25) is 9.80 Å². The summed E-state index contributed by atoms with van der Waals surface area (Å²) in [7, 11) is 0. The lowest BCUT2D eigenvalue weighted by atomic mass is 9.99. The van der Waals surface area contributed by atoms with Gasteiger partial charge in [0.05, 0.1) is 26.9 Å². The van der Waals surface area contributed by atoms with Gasteiger partial charge >= 0.3 is 0 Å². The van der Waals surface area contributed by atoms with Gasteiger partial charge in [0.1, 0.15) is 0 Å². The highest BCUT2D eigenvalue weighted by Crippen LogP contribution is 2.36. The van der Waals surface area contributed by atoms with Crippen molar-refractivity contribution in [3.8, 4) is 11.1 Å². The number of hydrogen-bond donors (Lipinski definition) is 0. The van der Waals surface area contributed by atoms with Crippen LogP contribution in [0.15, 0.2) is 103 Å². The van der Waals surface area contributed by atoms with Crippen molar-refractivity contribution in [3.63, 3.8) is 0 Å². The molecule has 0 unspecified atom stereocenters. The summed E-state index contributed by atoms with van der Waals surface area (Å²) in [5, 5.41) is 1.66. The molecule has 5 nitrogen and oxygen atoms in total. The average molecular weight is 611 g/mol. The molecule has 0 aliphatic carbocycles. The predicted octanol–water partition coefficient (Wildman–Crippen LogP) is 7.56. The lowest BCUT2D eigenvalue weighted by Gasteiger charge is -2.37.